The number of hydrogen-bond donors (Lipinski definition) is 2. The Kier molecular flexibility index (Phi) is 3.83. The molecule has 0 aliphatic rings. The van der Waals surface area contributed by atoms with Crippen LogP contribution in [-0.2, 0) is 0 Å². The number of nitrogens with one attached hydrogen (secondary N) is 1. The van der Waals surface area contributed by atoms with Crippen LogP contribution in [0.2, 0.25) is 0 Å². The lowest BCUT2D eigenvalue weighted by atomic mass is 10.2. The van der Waals surface area contributed by atoms with Crippen LogP contribution in [0.1, 0.15) is 5.56 Å². The Morgan fingerprint density at radius 3 is 2.90 bits per heavy atom. The molecule has 2 N–H and O–H groups in total. The lowest BCUT2D eigenvalue weighted by Gasteiger charge is -2.04. The molecule has 0 spiro atoms. The van der Waals surface area contributed by atoms with E-state index < -0.39 is 0 Å². The number of anilines is 1. The van der Waals surface area contributed by atoms with Crippen LogP contribution in [0.5, 0.6) is 5.75 Å². The van der Waals surface area contributed by atoms with Crippen LogP contribution in [0.15, 0.2) is 64.3 Å². The SMILES string of the molecule is Oc1ccc(Br)cc1/C=N/Nc1cccc2cccnc12. The summed E-state index contributed by atoms with van der Waals surface area (Å²) in [7, 11) is 0. The number of phenols is 1. The maximum Gasteiger partial charge on any atom is 0.124 e. The number of rotatable bonds is 3. The molecule has 3 rings (SSSR count). The van der Waals surface area contributed by atoms with Crippen molar-refractivity contribution in [1.82, 2.24) is 4.98 Å². The first-order valence-electron chi connectivity index (χ1n) is 6.35. The lowest BCUT2D eigenvalue weighted by Crippen LogP contribution is -1.93. The predicted molar refractivity (Wildman–Crippen MR) is 88.8 cm³/mol. The average Bonchev–Trinajstić information content (AvgIpc) is 2.51. The number of hydrazone groups is 1. The number of nitrogens with zero attached hydrogens (tertiary/aromatic N) is 2. The van der Waals surface area contributed by atoms with Gasteiger partial charge in [0.2, 0.25) is 0 Å². The molecular weight excluding hydrogens is 330 g/mol. The van der Waals surface area contributed by atoms with Crippen LogP contribution in [0.3, 0.4) is 0 Å². The Labute approximate surface area is 130 Å². The minimum absolute atomic E-state index is 0.180. The molecule has 0 saturated carbocycles. The molecule has 0 aliphatic heterocycles. The number of para-hydroxylation sites is 1. The molecule has 1 aromatic heterocycles. The quantitative estimate of drug-likeness (QED) is 0.555. The van der Waals surface area contributed by atoms with Gasteiger partial charge in [0, 0.05) is 21.6 Å². The third kappa shape index (κ3) is 3.03. The van der Waals surface area contributed by atoms with Crippen molar-refractivity contribution in [2.45, 2.75) is 0 Å². The largest absolute Gasteiger partial charge is 0.507 e. The molecule has 2 aromatic carbocycles. The van der Waals surface area contributed by atoms with Gasteiger partial charge in [-0.15, -0.1) is 0 Å². The second-order valence-electron chi connectivity index (χ2n) is 4.45. The van der Waals surface area contributed by atoms with Gasteiger partial charge in [0.15, 0.2) is 0 Å². The maximum atomic E-state index is 9.75. The van der Waals surface area contributed by atoms with E-state index in [1.807, 2.05) is 30.3 Å². The Balaban J connectivity index is 1.86. The number of halogens is 1. The molecule has 1 heterocycles. The summed E-state index contributed by atoms with van der Waals surface area (Å²) < 4.78 is 0.883. The van der Waals surface area contributed by atoms with Crippen molar-refractivity contribution in [1.29, 1.82) is 0 Å². The molecule has 5 heteroatoms. The number of fused-ring (bicyclic) bond motifs is 1. The van der Waals surface area contributed by atoms with Crippen LogP contribution in [0, 0.1) is 0 Å². The van der Waals surface area contributed by atoms with E-state index >= 15 is 0 Å². The minimum atomic E-state index is 0.180. The average molecular weight is 342 g/mol. The van der Waals surface area contributed by atoms with E-state index in [-0.39, 0.29) is 5.75 Å². The highest BCUT2D eigenvalue weighted by Crippen LogP contribution is 2.22. The van der Waals surface area contributed by atoms with Crippen molar-refractivity contribution in [2.24, 2.45) is 5.10 Å². The smallest absolute Gasteiger partial charge is 0.124 e. The van der Waals surface area contributed by atoms with Crippen molar-refractivity contribution in [3.8, 4) is 5.75 Å². The summed E-state index contributed by atoms with van der Waals surface area (Å²) in [5, 5.41) is 15.0. The van der Waals surface area contributed by atoms with E-state index in [1.54, 1.807) is 30.6 Å². The summed E-state index contributed by atoms with van der Waals surface area (Å²) in [4.78, 5) is 4.35. The summed E-state index contributed by atoms with van der Waals surface area (Å²) in [6.45, 7) is 0. The first-order chi connectivity index (χ1) is 10.2. The van der Waals surface area contributed by atoms with Gasteiger partial charge in [-0.2, -0.15) is 5.10 Å². The molecule has 21 heavy (non-hydrogen) atoms. The van der Waals surface area contributed by atoms with Crippen molar-refractivity contribution in [2.75, 3.05) is 5.43 Å². The Morgan fingerprint density at radius 2 is 2.00 bits per heavy atom. The highest BCUT2D eigenvalue weighted by Gasteiger charge is 2.01. The van der Waals surface area contributed by atoms with E-state index in [0.717, 1.165) is 21.1 Å². The second kappa shape index (κ2) is 5.93. The zero-order valence-electron chi connectivity index (χ0n) is 11.0. The summed E-state index contributed by atoms with van der Waals surface area (Å²) in [5.74, 6) is 0.180. The van der Waals surface area contributed by atoms with Gasteiger partial charge < -0.3 is 5.11 Å². The second-order valence-corrected chi connectivity index (χ2v) is 5.37. The Hall–Kier alpha value is -2.40. The van der Waals surface area contributed by atoms with Gasteiger partial charge in [-0.1, -0.05) is 34.1 Å². The Morgan fingerprint density at radius 1 is 1.14 bits per heavy atom. The van der Waals surface area contributed by atoms with Gasteiger partial charge >= 0.3 is 0 Å². The van der Waals surface area contributed by atoms with Crippen molar-refractivity contribution in [3.63, 3.8) is 0 Å². The number of pyridine rings is 1. The van der Waals surface area contributed by atoms with Crippen LogP contribution in [0.4, 0.5) is 5.69 Å². The van der Waals surface area contributed by atoms with Crippen molar-refractivity contribution in [3.05, 3.63) is 64.8 Å². The molecule has 4 nitrogen and oxygen atoms in total. The molecule has 0 radical (unpaired) electrons. The van der Waals surface area contributed by atoms with Crippen LogP contribution >= 0.6 is 15.9 Å². The van der Waals surface area contributed by atoms with E-state index in [4.69, 9.17) is 0 Å². The fraction of sp³-hybridized carbons (Fsp3) is 0. The lowest BCUT2D eigenvalue weighted by molar-refractivity contribution is 0.474. The number of benzene rings is 2. The van der Waals surface area contributed by atoms with E-state index in [0.29, 0.717) is 5.56 Å². The molecule has 3 aromatic rings. The monoisotopic (exact) mass is 341 g/mol. The first kappa shape index (κ1) is 13.6. The fourth-order valence-electron chi connectivity index (χ4n) is 1.99. The molecule has 0 unspecified atom stereocenters. The standard InChI is InChI=1S/C16H12BrN3O/c17-13-6-7-15(21)12(9-13)10-19-20-14-5-1-3-11-4-2-8-18-16(11)14/h1-10,20-21H/b19-10+. The number of hydrogen-bond acceptors (Lipinski definition) is 4. The molecule has 0 amide bonds. The molecule has 0 fully saturated rings. The van der Waals surface area contributed by atoms with Gasteiger partial charge in [0.05, 0.1) is 17.4 Å². The van der Waals surface area contributed by atoms with E-state index in [1.165, 1.54) is 0 Å². The topological polar surface area (TPSA) is 57.5 Å². The maximum absolute atomic E-state index is 9.75. The van der Waals surface area contributed by atoms with Crippen molar-refractivity contribution >= 4 is 38.7 Å². The zero-order valence-corrected chi connectivity index (χ0v) is 12.6. The molecule has 0 atom stereocenters. The fourth-order valence-corrected chi connectivity index (χ4v) is 2.37. The van der Waals surface area contributed by atoms with Crippen LogP contribution < -0.4 is 5.43 Å². The molecular formula is C16H12BrN3O. The van der Waals surface area contributed by atoms with Crippen LogP contribution in [-0.4, -0.2) is 16.3 Å². The van der Waals surface area contributed by atoms with Gasteiger partial charge in [-0.25, -0.2) is 0 Å². The third-order valence-electron chi connectivity index (χ3n) is 3.01. The molecule has 0 aliphatic carbocycles. The summed E-state index contributed by atoms with van der Waals surface area (Å²) in [6.07, 6.45) is 3.32. The summed E-state index contributed by atoms with van der Waals surface area (Å²) >= 11 is 3.36. The normalized spacial score (nSPS) is 11.1. The van der Waals surface area contributed by atoms with E-state index in [2.05, 4.69) is 31.4 Å². The minimum Gasteiger partial charge on any atom is -0.507 e. The molecule has 104 valence electrons. The summed E-state index contributed by atoms with van der Waals surface area (Å²) in [6, 6.07) is 14.9. The number of aromatic hydroxyl groups is 1. The van der Waals surface area contributed by atoms with E-state index in [9.17, 15) is 5.11 Å². The van der Waals surface area contributed by atoms with Gasteiger partial charge in [0.25, 0.3) is 0 Å². The third-order valence-corrected chi connectivity index (χ3v) is 3.50. The van der Waals surface area contributed by atoms with Gasteiger partial charge in [-0.05, 0) is 30.3 Å². The summed E-state index contributed by atoms with van der Waals surface area (Å²) in [5.41, 5.74) is 5.27. The number of aromatic nitrogens is 1. The molecule has 0 saturated heterocycles. The highest BCUT2D eigenvalue weighted by molar-refractivity contribution is 9.10. The number of phenolic OH excluding ortho intramolecular Hbond substituents is 1. The van der Waals surface area contributed by atoms with Gasteiger partial charge in [-0.3, -0.25) is 10.4 Å². The first-order valence-corrected chi connectivity index (χ1v) is 7.15. The molecule has 0 bridgehead atoms. The Bertz CT molecular complexity index is 812. The van der Waals surface area contributed by atoms with Crippen molar-refractivity contribution < 1.29 is 5.11 Å². The zero-order chi connectivity index (χ0) is 14.7. The van der Waals surface area contributed by atoms with Crippen LogP contribution in [0.25, 0.3) is 10.9 Å². The predicted octanol–water partition coefficient (Wildman–Crippen LogP) is 4.15. The van der Waals surface area contributed by atoms with Gasteiger partial charge in [0.1, 0.15) is 5.75 Å². The highest BCUT2D eigenvalue weighted by atomic mass is 79.9.